The van der Waals surface area contributed by atoms with E-state index in [0.29, 0.717) is 12.5 Å². The minimum atomic E-state index is -0.397. The molecule has 4 heteroatoms. The van der Waals surface area contributed by atoms with E-state index in [2.05, 4.69) is 11.5 Å². The van der Waals surface area contributed by atoms with Gasteiger partial charge in [0.15, 0.2) is 0 Å². The molecular weight excluding hydrogens is 279 g/mol. The van der Waals surface area contributed by atoms with Gasteiger partial charge < -0.3 is 4.90 Å². The van der Waals surface area contributed by atoms with Crippen molar-refractivity contribution in [2.75, 3.05) is 26.2 Å². The van der Waals surface area contributed by atoms with E-state index in [1.165, 1.54) is 11.6 Å². The zero-order chi connectivity index (χ0) is 15.7. The van der Waals surface area contributed by atoms with E-state index in [1.54, 1.807) is 11.0 Å². The van der Waals surface area contributed by atoms with Crippen LogP contribution >= 0.6 is 0 Å². The van der Waals surface area contributed by atoms with E-state index in [1.807, 2.05) is 13.0 Å². The molecule has 2 aliphatic rings. The largest absolute Gasteiger partial charge is 0.339 e. The van der Waals surface area contributed by atoms with Crippen molar-refractivity contribution in [2.45, 2.75) is 26.3 Å². The van der Waals surface area contributed by atoms with Crippen molar-refractivity contribution >= 4 is 5.91 Å². The van der Waals surface area contributed by atoms with E-state index in [-0.39, 0.29) is 11.5 Å². The lowest BCUT2D eigenvalue weighted by Crippen LogP contribution is -2.46. The topological polar surface area (TPSA) is 23.6 Å². The van der Waals surface area contributed by atoms with Gasteiger partial charge in [0.1, 0.15) is 5.82 Å². The van der Waals surface area contributed by atoms with E-state index < -0.39 is 5.82 Å². The van der Waals surface area contributed by atoms with Gasteiger partial charge in [-0.05, 0) is 31.4 Å². The number of carbonyl (C=O) groups is 1. The molecule has 0 saturated carbocycles. The number of rotatable bonds is 4. The zero-order valence-corrected chi connectivity index (χ0v) is 13.1. The number of likely N-dealkylation sites (tertiary alicyclic amines) is 2. The molecule has 0 radical (unpaired) electrons. The van der Waals surface area contributed by atoms with Crippen LogP contribution in [0.5, 0.6) is 0 Å². The summed E-state index contributed by atoms with van der Waals surface area (Å²) >= 11 is 0. The number of nitrogens with zero attached hydrogens (tertiary/aromatic N) is 2. The maximum absolute atomic E-state index is 14.3. The van der Waals surface area contributed by atoms with Gasteiger partial charge in [0.2, 0.25) is 0 Å². The molecule has 0 N–H and O–H groups in total. The van der Waals surface area contributed by atoms with Crippen LogP contribution in [0, 0.1) is 11.7 Å². The van der Waals surface area contributed by atoms with E-state index >= 15 is 0 Å². The van der Waals surface area contributed by atoms with E-state index in [9.17, 15) is 9.18 Å². The van der Waals surface area contributed by atoms with Crippen LogP contribution in [0.2, 0.25) is 0 Å². The van der Waals surface area contributed by atoms with Crippen molar-refractivity contribution in [3.63, 3.8) is 0 Å². The Labute approximate surface area is 131 Å². The van der Waals surface area contributed by atoms with Crippen molar-refractivity contribution in [1.29, 1.82) is 0 Å². The first-order valence-electron chi connectivity index (χ1n) is 8.00. The second-order valence-corrected chi connectivity index (χ2v) is 6.51. The van der Waals surface area contributed by atoms with Crippen LogP contribution in [0.4, 0.5) is 4.39 Å². The number of hydrogen-bond acceptors (Lipinski definition) is 2. The highest BCUT2D eigenvalue weighted by Crippen LogP contribution is 2.26. The van der Waals surface area contributed by atoms with Gasteiger partial charge in [-0.2, -0.15) is 0 Å². The van der Waals surface area contributed by atoms with Crippen LogP contribution < -0.4 is 0 Å². The smallest absolute Gasteiger partial charge is 0.257 e. The summed E-state index contributed by atoms with van der Waals surface area (Å²) in [5.74, 6) is -0.0137. The maximum Gasteiger partial charge on any atom is 0.257 e. The summed E-state index contributed by atoms with van der Waals surface area (Å²) in [5, 5.41) is 0. The Balaban J connectivity index is 1.75. The molecule has 3 rings (SSSR count). The van der Waals surface area contributed by atoms with E-state index in [0.717, 1.165) is 44.6 Å². The average molecular weight is 302 g/mol. The van der Waals surface area contributed by atoms with Gasteiger partial charge in [0.05, 0.1) is 5.56 Å². The number of amides is 1. The molecule has 1 aromatic rings. The Morgan fingerprint density at radius 1 is 1.32 bits per heavy atom. The lowest BCUT2D eigenvalue weighted by molar-refractivity contribution is 0.0780. The predicted octanol–water partition coefficient (Wildman–Crippen LogP) is 3.07. The molecule has 1 amide bonds. The summed E-state index contributed by atoms with van der Waals surface area (Å²) in [4.78, 5) is 16.6. The van der Waals surface area contributed by atoms with E-state index in [4.69, 9.17) is 0 Å². The van der Waals surface area contributed by atoms with Crippen molar-refractivity contribution < 1.29 is 9.18 Å². The van der Waals surface area contributed by atoms with Gasteiger partial charge in [0.25, 0.3) is 5.91 Å². The summed E-state index contributed by atoms with van der Waals surface area (Å²) in [5.41, 5.74) is 2.27. The lowest BCUT2D eigenvalue weighted by Gasteiger charge is -2.40. The quantitative estimate of drug-likeness (QED) is 0.798. The first-order chi connectivity index (χ1) is 10.6. The molecule has 2 heterocycles. The van der Waals surface area contributed by atoms with Crippen LogP contribution in [0.1, 0.15) is 35.7 Å². The molecule has 3 nitrogen and oxygen atoms in total. The Hall–Kier alpha value is -1.68. The molecule has 2 aliphatic heterocycles. The molecule has 0 unspecified atom stereocenters. The van der Waals surface area contributed by atoms with Crippen molar-refractivity contribution in [3.05, 3.63) is 47.3 Å². The van der Waals surface area contributed by atoms with Crippen molar-refractivity contribution in [2.24, 2.45) is 5.92 Å². The Morgan fingerprint density at radius 2 is 2.00 bits per heavy atom. The molecule has 2 saturated heterocycles. The highest BCUT2D eigenvalue weighted by Gasteiger charge is 2.30. The monoisotopic (exact) mass is 302 g/mol. The number of hydrogen-bond donors (Lipinski definition) is 0. The number of benzene rings is 1. The zero-order valence-electron chi connectivity index (χ0n) is 13.1. The van der Waals surface area contributed by atoms with Crippen LogP contribution in [-0.2, 0) is 6.54 Å². The third-order valence-electron chi connectivity index (χ3n) is 4.76. The second-order valence-electron chi connectivity index (χ2n) is 6.51. The van der Waals surface area contributed by atoms with Gasteiger partial charge >= 0.3 is 0 Å². The normalized spacial score (nSPS) is 19.3. The fourth-order valence-corrected chi connectivity index (χ4v) is 3.27. The molecule has 118 valence electrons. The van der Waals surface area contributed by atoms with Gasteiger partial charge in [-0.1, -0.05) is 24.3 Å². The molecule has 0 atom stereocenters. The summed E-state index contributed by atoms with van der Waals surface area (Å²) in [6.07, 6.45) is 2.03. The van der Waals surface area contributed by atoms with Crippen molar-refractivity contribution in [1.82, 2.24) is 9.80 Å². The minimum absolute atomic E-state index is 0.150. The first kappa shape index (κ1) is 15.2. The second kappa shape index (κ2) is 6.21. The van der Waals surface area contributed by atoms with Crippen LogP contribution in [0.15, 0.2) is 30.4 Å². The first-order valence-corrected chi connectivity index (χ1v) is 8.00. The molecule has 22 heavy (non-hydrogen) atoms. The molecule has 0 spiro atoms. The van der Waals surface area contributed by atoms with Gasteiger partial charge in [-0.25, -0.2) is 4.39 Å². The molecule has 0 aromatic heterocycles. The molecule has 1 aromatic carbocycles. The fraction of sp³-hybridized carbons (Fsp3) is 0.500. The fourth-order valence-electron chi connectivity index (χ4n) is 3.27. The highest BCUT2D eigenvalue weighted by atomic mass is 19.1. The number of halogens is 1. The molecular formula is C18H23FN2O. The van der Waals surface area contributed by atoms with Gasteiger partial charge in [-0.3, -0.25) is 9.69 Å². The summed E-state index contributed by atoms with van der Waals surface area (Å²) in [6.45, 7) is 10.1. The summed E-state index contributed by atoms with van der Waals surface area (Å²) < 4.78 is 14.3. The lowest BCUT2D eigenvalue weighted by atomic mass is 9.92. The third-order valence-corrected chi connectivity index (χ3v) is 4.76. The predicted molar refractivity (Wildman–Crippen MR) is 85.1 cm³/mol. The van der Waals surface area contributed by atoms with Gasteiger partial charge in [0, 0.05) is 38.6 Å². The highest BCUT2D eigenvalue weighted by molar-refractivity contribution is 5.96. The summed E-state index contributed by atoms with van der Waals surface area (Å²) in [7, 11) is 0. The third kappa shape index (κ3) is 2.93. The molecule has 0 aliphatic carbocycles. The Kier molecular flexibility index (Phi) is 4.30. The number of carbonyl (C=O) groups excluding carboxylic acids is 1. The van der Waals surface area contributed by atoms with Crippen LogP contribution in [0.25, 0.3) is 0 Å². The SMILES string of the molecule is C=C(C)C1CN(Cc2cccc(F)c2C(=O)N2CCCC2)C1. The Bertz CT molecular complexity index is 587. The standard InChI is InChI=1S/C18H23FN2O/c1-13(2)15-11-20(12-15)10-14-6-5-7-16(19)17(14)18(22)21-8-3-4-9-21/h5-7,15H,1,3-4,8-12H2,2H3. The van der Waals surface area contributed by atoms with Gasteiger partial charge in [-0.15, -0.1) is 0 Å². The molecule has 2 fully saturated rings. The van der Waals surface area contributed by atoms with Crippen LogP contribution in [0.3, 0.4) is 0 Å². The molecule has 0 bridgehead atoms. The average Bonchev–Trinajstić information content (AvgIpc) is 2.95. The minimum Gasteiger partial charge on any atom is -0.339 e. The van der Waals surface area contributed by atoms with Crippen molar-refractivity contribution in [3.8, 4) is 0 Å². The van der Waals surface area contributed by atoms with Crippen LogP contribution in [-0.4, -0.2) is 41.9 Å². The summed E-state index contributed by atoms with van der Waals surface area (Å²) in [6, 6.07) is 4.96. The maximum atomic E-state index is 14.3. The Morgan fingerprint density at radius 3 is 2.64 bits per heavy atom.